The van der Waals surface area contributed by atoms with Gasteiger partial charge in [0.1, 0.15) is 5.69 Å². The fraction of sp³-hybridized carbons (Fsp3) is 0. The molecule has 5 nitrogen and oxygen atoms in total. The van der Waals surface area contributed by atoms with E-state index in [2.05, 4.69) is 36.7 Å². The SMILES string of the molecule is O=C(NN=Cc1ccc(Cl)cc1)c1[nH]ncc1Br. The van der Waals surface area contributed by atoms with Gasteiger partial charge in [0.25, 0.3) is 5.91 Å². The third-order valence-electron chi connectivity index (χ3n) is 2.07. The Morgan fingerprint density at radius 1 is 1.44 bits per heavy atom. The minimum Gasteiger partial charge on any atom is -0.272 e. The van der Waals surface area contributed by atoms with Gasteiger partial charge in [-0.2, -0.15) is 10.2 Å². The molecule has 0 aliphatic rings. The van der Waals surface area contributed by atoms with Crippen LogP contribution in [0.4, 0.5) is 0 Å². The van der Waals surface area contributed by atoms with Crippen molar-refractivity contribution in [3.8, 4) is 0 Å². The molecule has 0 aliphatic heterocycles. The van der Waals surface area contributed by atoms with Crippen molar-refractivity contribution in [2.75, 3.05) is 0 Å². The van der Waals surface area contributed by atoms with Crippen molar-refractivity contribution < 1.29 is 4.79 Å². The number of nitrogens with one attached hydrogen (secondary N) is 2. The molecule has 2 rings (SSSR count). The van der Waals surface area contributed by atoms with Crippen molar-refractivity contribution in [2.45, 2.75) is 0 Å². The highest BCUT2D eigenvalue weighted by Crippen LogP contribution is 2.12. The van der Waals surface area contributed by atoms with Crippen LogP contribution >= 0.6 is 27.5 Å². The van der Waals surface area contributed by atoms with E-state index in [4.69, 9.17) is 11.6 Å². The molecule has 18 heavy (non-hydrogen) atoms. The molecule has 0 unspecified atom stereocenters. The van der Waals surface area contributed by atoms with Crippen molar-refractivity contribution >= 4 is 39.7 Å². The van der Waals surface area contributed by atoms with Crippen molar-refractivity contribution in [1.82, 2.24) is 15.6 Å². The lowest BCUT2D eigenvalue weighted by molar-refractivity contribution is 0.0949. The van der Waals surface area contributed by atoms with Crippen LogP contribution in [0.25, 0.3) is 0 Å². The lowest BCUT2D eigenvalue weighted by Gasteiger charge is -1.97. The zero-order chi connectivity index (χ0) is 13.0. The first-order chi connectivity index (χ1) is 8.66. The molecule has 2 aromatic rings. The maximum Gasteiger partial charge on any atom is 0.290 e. The minimum atomic E-state index is -0.371. The van der Waals surface area contributed by atoms with Gasteiger partial charge in [0.05, 0.1) is 16.9 Å². The number of hydrogen-bond donors (Lipinski definition) is 2. The Labute approximate surface area is 116 Å². The number of benzene rings is 1. The van der Waals surface area contributed by atoms with Gasteiger partial charge in [0, 0.05) is 5.02 Å². The number of hydrazone groups is 1. The van der Waals surface area contributed by atoms with E-state index in [-0.39, 0.29) is 5.91 Å². The van der Waals surface area contributed by atoms with Crippen LogP contribution in [0.2, 0.25) is 5.02 Å². The normalized spacial score (nSPS) is 10.8. The van der Waals surface area contributed by atoms with Gasteiger partial charge in [-0.3, -0.25) is 9.89 Å². The summed E-state index contributed by atoms with van der Waals surface area (Å²) in [6, 6.07) is 7.08. The summed E-state index contributed by atoms with van der Waals surface area (Å²) < 4.78 is 0.585. The molecule has 1 amide bonds. The molecule has 0 aliphatic carbocycles. The van der Waals surface area contributed by atoms with Gasteiger partial charge in [-0.05, 0) is 33.6 Å². The van der Waals surface area contributed by atoms with Crippen LogP contribution in [0.5, 0.6) is 0 Å². The first kappa shape index (κ1) is 12.8. The quantitative estimate of drug-likeness (QED) is 0.672. The number of nitrogens with zero attached hydrogens (tertiary/aromatic N) is 2. The number of carbonyl (C=O) groups is 1. The van der Waals surface area contributed by atoms with E-state index in [0.717, 1.165) is 5.56 Å². The molecule has 0 spiro atoms. The van der Waals surface area contributed by atoms with Crippen LogP contribution in [-0.4, -0.2) is 22.3 Å². The third-order valence-corrected chi connectivity index (χ3v) is 2.92. The van der Waals surface area contributed by atoms with Gasteiger partial charge in [-0.15, -0.1) is 0 Å². The number of hydrogen-bond acceptors (Lipinski definition) is 3. The van der Waals surface area contributed by atoms with E-state index >= 15 is 0 Å². The van der Waals surface area contributed by atoms with E-state index in [1.807, 2.05) is 0 Å². The Balaban J connectivity index is 1.98. The van der Waals surface area contributed by atoms with Crippen molar-refractivity contribution in [1.29, 1.82) is 0 Å². The van der Waals surface area contributed by atoms with Crippen LogP contribution < -0.4 is 5.43 Å². The van der Waals surface area contributed by atoms with E-state index in [1.165, 1.54) is 12.4 Å². The molecule has 0 radical (unpaired) electrons. The maximum absolute atomic E-state index is 11.6. The van der Waals surface area contributed by atoms with Crippen LogP contribution in [0.15, 0.2) is 40.0 Å². The lowest BCUT2D eigenvalue weighted by atomic mass is 10.2. The minimum absolute atomic E-state index is 0.322. The molecule has 0 bridgehead atoms. The van der Waals surface area contributed by atoms with Gasteiger partial charge in [-0.1, -0.05) is 23.7 Å². The first-order valence-electron chi connectivity index (χ1n) is 4.94. The van der Waals surface area contributed by atoms with Gasteiger partial charge in [0.15, 0.2) is 0 Å². The van der Waals surface area contributed by atoms with E-state index < -0.39 is 0 Å². The topological polar surface area (TPSA) is 70.1 Å². The molecular formula is C11H8BrClN4O. The lowest BCUT2D eigenvalue weighted by Crippen LogP contribution is -2.18. The average molecular weight is 328 g/mol. The standard InChI is InChI=1S/C11H8BrClN4O/c12-9-6-15-16-10(9)11(18)17-14-5-7-1-3-8(13)4-2-7/h1-6H,(H,15,16)(H,17,18). The molecule has 0 saturated heterocycles. The number of aromatic nitrogens is 2. The van der Waals surface area contributed by atoms with E-state index in [9.17, 15) is 4.79 Å². The van der Waals surface area contributed by atoms with Gasteiger partial charge in [-0.25, -0.2) is 5.43 Å². The predicted molar refractivity (Wildman–Crippen MR) is 72.8 cm³/mol. The molecule has 0 atom stereocenters. The Bertz CT molecular complexity index is 579. The van der Waals surface area contributed by atoms with Crippen molar-refractivity contribution in [2.24, 2.45) is 5.10 Å². The van der Waals surface area contributed by atoms with Gasteiger partial charge in [0.2, 0.25) is 0 Å². The number of halogens is 2. The molecule has 7 heteroatoms. The van der Waals surface area contributed by atoms with Crippen LogP contribution in [0.3, 0.4) is 0 Å². The van der Waals surface area contributed by atoms with Crippen molar-refractivity contribution in [3.63, 3.8) is 0 Å². The number of amides is 1. The fourth-order valence-corrected chi connectivity index (χ4v) is 1.70. The average Bonchev–Trinajstić information content (AvgIpc) is 2.78. The number of rotatable bonds is 3. The van der Waals surface area contributed by atoms with Crippen molar-refractivity contribution in [3.05, 3.63) is 51.2 Å². The molecule has 1 heterocycles. The highest BCUT2D eigenvalue weighted by molar-refractivity contribution is 9.10. The highest BCUT2D eigenvalue weighted by Gasteiger charge is 2.10. The maximum atomic E-state index is 11.6. The molecule has 0 saturated carbocycles. The summed E-state index contributed by atoms with van der Waals surface area (Å²) in [7, 11) is 0. The van der Waals surface area contributed by atoms with Gasteiger partial charge < -0.3 is 0 Å². The largest absolute Gasteiger partial charge is 0.290 e. The summed E-state index contributed by atoms with van der Waals surface area (Å²) in [5.41, 5.74) is 3.54. The van der Waals surface area contributed by atoms with E-state index in [0.29, 0.717) is 15.2 Å². The Morgan fingerprint density at radius 3 is 2.78 bits per heavy atom. The fourth-order valence-electron chi connectivity index (χ4n) is 1.20. The van der Waals surface area contributed by atoms with Crippen LogP contribution in [0.1, 0.15) is 16.1 Å². The molecule has 1 aromatic carbocycles. The second kappa shape index (κ2) is 5.79. The number of aromatic amines is 1. The summed E-state index contributed by atoms with van der Waals surface area (Å²) in [5.74, 6) is -0.371. The highest BCUT2D eigenvalue weighted by atomic mass is 79.9. The number of carbonyl (C=O) groups excluding carboxylic acids is 1. The monoisotopic (exact) mass is 326 g/mol. The Kier molecular flexibility index (Phi) is 4.11. The van der Waals surface area contributed by atoms with Gasteiger partial charge >= 0.3 is 0 Å². The Morgan fingerprint density at radius 2 is 2.17 bits per heavy atom. The molecule has 92 valence electrons. The van der Waals surface area contributed by atoms with Crippen LogP contribution in [-0.2, 0) is 0 Å². The zero-order valence-corrected chi connectivity index (χ0v) is 11.4. The smallest absolute Gasteiger partial charge is 0.272 e. The summed E-state index contributed by atoms with van der Waals surface area (Å²) in [5, 5.41) is 10.8. The van der Waals surface area contributed by atoms with E-state index in [1.54, 1.807) is 24.3 Å². The third kappa shape index (κ3) is 3.18. The Hall–Kier alpha value is -1.66. The molecule has 0 fully saturated rings. The summed E-state index contributed by atoms with van der Waals surface area (Å²) in [6.45, 7) is 0. The molecular weight excluding hydrogens is 320 g/mol. The number of H-pyrrole nitrogens is 1. The molecule has 1 aromatic heterocycles. The first-order valence-corrected chi connectivity index (χ1v) is 6.12. The second-order valence-electron chi connectivity index (χ2n) is 3.34. The summed E-state index contributed by atoms with van der Waals surface area (Å²) in [6.07, 6.45) is 3.02. The summed E-state index contributed by atoms with van der Waals surface area (Å²) >= 11 is 8.94. The zero-order valence-electron chi connectivity index (χ0n) is 9.02. The predicted octanol–water partition coefficient (Wildman–Crippen LogP) is 2.59. The molecule has 2 N–H and O–H groups in total. The second-order valence-corrected chi connectivity index (χ2v) is 4.63. The van der Waals surface area contributed by atoms with Crippen LogP contribution in [0, 0.1) is 0 Å². The summed E-state index contributed by atoms with van der Waals surface area (Å²) in [4.78, 5) is 11.6.